The van der Waals surface area contributed by atoms with E-state index in [4.69, 9.17) is 4.52 Å². The van der Waals surface area contributed by atoms with Crippen molar-refractivity contribution >= 4 is 0 Å². The van der Waals surface area contributed by atoms with Crippen molar-refractivity contribution < 1.29 is 4.52 Å². The van der Waals surface area contributed by atoms with Crippen LogP contribution in [0.25, 0.3) is 11.5 Å². The molecule has 1 N–H and O–H groups in total. The first kappa shape index (κ1) is 13.7. The molecule has 2 rings (SSSR count). The van der Waals surface area contributed by atoms with Crippen LogP contribution < -0.4 is 5.32 Å². The molecule has 0 aliphatic heterocycles. The van der Waals surface area contributed by atoms with Gasteiger partial charge in [-0.25, -0.2) is 0 Å². The van der Waals surface area contributed by atoms with Crippen LogP contribution in [0.5, 0.6) is 0 Å². The van der Waals surface area contributed by atoms with Crippen LogP contribution >= 0.6 is 0 Å². The van der Waals surface area contributed by atoms with Gasteiger partial charge in [-0.15, -0.1) is 0 Å². The van der Waals surface area contributed by atoms with Gasteiger partial charge >= 0.3 is 0 Å². The Balaban J connectivity index is 2.08. The van der Waals surface area contributed by atoms with Crippen molar-refractivity contribution in [2.75, 3.05) is 6.54 Å². The van der Waals surface area contributed by atoms with Crippen molar-refractivity contribution in [1.82, 2.24) is 20.4 Å². The predicted molar refractivity (Wildman–Crippen MR) is 73.5 cm³/mol. The van der Waals surface area contributed by atoms with Crippen LogP contribution in [0, 0.1) is 5.92 Å². The minimum absolute atomic E-state index is 0.568. The average Bonchev–Trinajstić information content (AvgIpc) is 2.87. The second-order valence-electron chi connectivity index (χ2n) is 4.90. The Labute approximate surface area is 113 Å². The van der Waals surface area contributed by atoms with E-state index in [1.165, 1.54) is 0 Å². The largest absolute Gasteiger partial charge is 0.337 e. The molecule has 0 aromatic carbocycles. The maximum Gasteiger partial charge on any atom is 0.240 e. The Morgan fingerprint density at radius 1 is 1.37 bits per heavy atom. The van der Waals surface area contributed by atoms with Gasteiger partial charge in [-0.05, 0) is 30.5 Å². The summed E-state index contributed by atoms with van der Waals surface area (Å²) in [7, 11) is 0. The van der Waals surface area contributed by atoms with Crippen LogP contribution in [0.1, 0.15) is 32.2 Å². The van der Waals surface area contributed by atoms with Crippen molar-refractivity contribution in [3.63, 3.8) is 0 Å². The molecule has 5 heteroatoms. The van der Waals surface area contributed by atoms with E-state index in [0.717, 1.165) is 24.2 Å². The van der Waals surface area contributed by atoms with Gasteiger partial charge < -0.3 is 9.84 Å². The highest BCUT2D eigenvalue weighted by molar-refractivity contribution is 5.53. The van der Waals surface area contributed by atoms with E-state index >= 15 is 0 Å². The number of nitrogens with one attached hydrogen (secondary N) is 1. The van der Waals surface area contributed by atoms with Crippen molar-refractivity contribution in [2.45, 2.75) is 33.7 Å². The molecule has 0 fully saturated rings. The molecule has 0 spiro atoms. The van der Waals surface area contributed by atoms with Gasteiger partial charge in [0.15, 0.2) is 0 Å². The van der Waals surface area contributed by atoms with Crippen LogP contribution in [-0.4, -0.2) is 21.7 Å². The second kappa shape index (κ2) is 6.43. The van der Waals surface area contributed by atoms with E-state index in [2.05, 4.69) is 41.2 Å². The Morgan fingerprint density at radius 2 is 2.21 bits per heavy atom. The molecule has 102 valence electrons. The zero-order valence-electron chi connectivity index (χ0n) is 11.7. The van der Waals surface area contributed by atoms with Gasteiger partial charge in [0, 0.05) is 6.20 Å². The number of pyridine rings is 1. The van der Waals surface area contributed by atoms with E-state index in [9.17, 15) is 0 Å². The van der Waals surface area contributed by atoms with E-state index in [1.54, 1.807) is 6.20 Å². The van der Waals surface area contributed by atoms with Crippen LogP contribution in [0.15, 0.2) is 22.9 Å². The molecule has 2 aromatic heterocycles. The molecule has 0 saturated carbocycles. The van der Waals surface area contributed by atoms with Crippen molar-refractivity contribution in [1.29, 1.82) is 0 Å². The Morgan fingerprint density at radius 3 is 2.95 bits per heavy atom. The molecule has 0 radical (unpaired) electrons. The molecule has 0 unspecified atom stereocenters. The topological polar surface area (TPSA) is 63.8 Å². The molecule has 2 aromatic rings. The third kappa shape index (κ3) is 3.61. The Hall–Kier alpha value is -1.75. The number of hydrogen-bond acceptors (Lipinski definition) is 5. The fourth-order valence-corrected chi connectivity index (χ4v) is 1.82. The van der Waals surface area contributed by atoms with Gasteiger partial charge in [-0.2, -0.15) is 4.98 Å². The van der Waals surface area contributed by atoms with Gasteiger partial charge in [-0.3, -0.25) is 4.98 Å². The highest BCUT2D eigenvalue weighted by atomic mass is 16.5. The first-order valence-corrected chi connectivity index (χ1v) is 6.68. The van der Waals surface area contributed by atoms with Crippen LogP contribution in [-0.2, 0) is 13.0 Å². The number of nitrogens with zero attached hydrogens (tertiary/aromatic N) is 3. The predicted octanol–water partition coefficient (Wildman–Crippen LogP) is 2.44. The van der Waals surface area contributed by atoms with Crippen molar-refractivity contribution in [2.24, 2.45) is 5.92 Å². The molecular formula is C14H20N4O. The third-order valence-corrected chi connectivity index (χ3v) is 2.78. The van der Waals surface area contributed by atoms with E-state index in [1.807, 2.05) is 12.1 Å². The third-order valence-electron chi connectivity index (χ3n) is 2.78. The summed E-state index contributed by atoms with van der Waals surface area (Å²) in [6.07, 6.45) is 2.65. The lowest BCUT2D eigenvalue weighted by Gasteiger charge is -2.03. The van der Waals surface area contributed by atoms with Crippen molar-refractivity contribution in [3.05, 3.63) is 29.8 Å². The van der Waals surface area contributed by atoms with Crippen molar-refractivity contribution in [3.8, 4) is 11.5 Å². The molecule has 19 heavy (non-hydrogen) atoms. The first-order valence-electron chi connectivity index (χ1n) is 6.68. The quantitative estimate of drug-likeness (QED) is 0.864. The van der Waals surface area contributed by atoms with Gasteiger partial charge in [0.1, 0.15) is 5.69 Å². The molecule has 0 saturated heterocycles. The smallest absolute Gasteiger partial charge is 0.240 e. The summed E-state index contributed by atoms with van der Waals surface area (Å²) >= 11 is 0. The molecule has 0 bridgehead atoms. The molecule has 0 amide bonds. The average molecular weight is 260 g/mol. The summed E-state index contributed by atoms with van der Waals surface area (Å²) in [5.41, 5.74) is 1.94. The zero-order chi connectivity index (χ0) is 13.7. The summed E-state index contributed by atoms with van der Waals surface area (Å²) in [4.78, 5) is 8.72. The van der Waals surface area contributed by atoms with Gasteiger partial charge in [0.25, 0.3) is 0 Å². The monoisotopic (exact) mass is 260 g/mol. The summed E-state index contributed by atoms with van der Waals surface area (Å²) in [5, 5.41) is 7.28. The number of aryl methyl sites for hydroxylation is 1. The fraction of sp³-hybridized carbons (Fsp3) is 0.500. The normalized spacial score (nSPS) is 11.2. The molecule has 0 atom stereocenters. The highest BCUT2D eigenvalue weighted by Crippen LogP contribution is 2.18. The maximum absolute atomic E-state index is 5.24. The SMILES string of the molecule is CCc1cccnc1-c1noc(CNCC(C)C)n1. The summed E-state index contributed by atoms with van der Waals surface area (Å²) < 4.78 is 5.24. The number of hydrogen-bond donors (Lipinski definition) is 1. The summed E-state index contributed by atoms with van der Waals surface area (Å²) in [6, 6.07) is 3.96. The maximum atomic E-state index is 5.24. The standard InChI is InChI=1S/C14H20N4O/c1-4-11-6-5-7-16-13(11)14-17-12(19-18-14)9-15-8-10(2)3/h5-7,10,15H,4,8-9H2,1-3H3. The summed E-state index contributed by atoms with van der Waals surface area (Å²) in [5.74, 6) is 1.77. The minimum Gasteiger partial charge on any atom is -0.337 e. The van der Waals surface area contributed by atoms with E-state index in [-0.39, 0.29) is 0 Å². The lowest BCUT2D eigenvalue weighted by atomic mass is 10.1. The van der Waals surface area contributed by atoms with E-state index in [0.29, 0.717) is 24.2 Å². The lowest BCUT2D eigenvalue weighted by molar-refractivity contribution is 0.364. The fourth-order valence-electron chi connectivity index (χ4n) is 1.82. The van der Waals surface area contributed by atoms with Gasteiger partial charge in [-0.1, -0.05) is 32.0 Å². The highest BCUT2D eigenvalue weighted by Gasteiger charge is 2.12. The zero-order valence-corrected chi connectivity index (χ0v) is 11.7. The van der Waals surface area contributed by atoms with Crippen LogP contribution in [0.4, 0.5) is 0 Å². The number of rotatable bonds is 6. The molecule has 5 nitrogen and oxygen atoms in total. The number of aromatic nitrogens is 3. The van der Waals surface area contributed by atoms with E-state index < -0.39 is 0 Å². The minimum atomic E-state index is 0.568. The van der Waals surface area contributed by atoms with Crippen LogP contribution in [0.2, 0.25) is 0 Å². The molecule has 0 aliphatic rings. The summed E-state index contributed by atoms with van der Waals surface area (Å²) in [6.45, 7) is 7.94. The second-order valence-corrected chi connectivity index (χ2v) is 4.90. The van der Waals surface area contributed by atoms with Gasteiger partial charge in [0.2, 0.25) is 11.7 Å². The molecule has 2 heterocycles. The Bertz CT molecular complexity index is 522. The molecule has 0 aliphatic carbocycles. The van der Waals surface area contributed by atoms with Gasteiger partial charge in [0.05, 0.1) is 6.54 Å². The Kier molecular flexibility index (Phi) is 4.63. The lowest BCUT2D eigenvalue weighted by Crippen LogP contribution is -2.19. The molecular weight excluding hydrogens is 240 g/mol. The van der Waals surface area contributed by atoms with Crippen LogP contribution in [0.3, 0.4) is 0 Å². The first-order chi connectivity index (χ1) is 9.20.